The van der Waals surface area contributed by atoms with Gasteiger partial charge in [-0.05, 0) is 31.5 Å². The summed E-state index contributed by atoms with van der Waals surface area (Å²) < 4.78 is 38.9. The number of amides is 1. The van der Waals surface area contributed by atoms with Crippen LogP contribution in [0.2, 0.25) is 0 Å². The molecule has 1 heterocycles. The molecule has 0 unspecified atom stereocenters. The zero-order valence-corrected chi connectivity index (χ0v) is 13.7. The minimum absolute atomic E-state index is 0.0578. The number of benzene rings is 1. The summed E-state index contributed by atoms with van der Waals surface area (Å²) in [4.78, 5) is 16.1. The predicted molar refractivity (Wildman–Crippen MR) is 82.2 cm³/mol. The zero-order chi connectivity index (χ0) is 17.8. The van der Waals surface area contributed by atoms with Crippen molar-refractivity contribution >= 4 is 34.8 Å². The Balaban J connectivity index is 1.99. The molecule has 0 radical (unpaired) electrons. The summed E-state index contributed by atoms with van der Waals surface area (Å²) >= 11 is 11.9. The first-order valence-electron chi connectivity index (χ1n) is 6.80. The molecule has 1 aliphatic carbocycles. The maximum absolute atomic E-state index is 13.0. The summed E-state index contributed by atoms with van der Waals surface area (Å²) in [7, 11) is 0. The Hall–Kier alpha value is -1.80. The van der Waals surface area contributed by atoms with Crippen LogP contribution < -0.4 is 5.32 Å². The quantitative estimate of drug-likeness (QED) is 0.826. The minimum Gasteiger partial charge on any atom is -0.324 e. The Bertz CT molecular complexity index is 792. The molecule has 2 aromatic rings. The van der Waals surface area contributed by atoms with Crippen LogP contribution in [-0.2, 0) is 11.0 Å². The SMILES string of the molecule is C[C@@]1(C(=O)Nc2cc(C(F)(F)F)ccc2-n2cncn2)CC1(Cl)Cl. The molecule has 1 saturated carbocycles. The fourth-order valence-corrected chi connectivity index (χ4v) is 2.96. The van der Waals surface area contributed by atoms with Crippen LogP contribution >= 0.6 is 23.2 Å². The highest BCUT2D eigenvalue weighted by atomic mass is 35.5. The Kier molecular flexibility index (Phi) is 3.80. The van der Waals surface area contributed by atoms with Gasteiger partial charge in [-0.3, -0.25) is 4.79 Å². The molecule has 5 nitrogen and oxygen atoms in total. The summed E-state index contributed by atoms with van der Waals surface area (Å²) in [6.45, 7) is 1.55. The molecule has 0 saturated heterocycles. The molecule has 0 bridgehead atoms. The molecule has 10 heteroatoms. The maximum atomic E-state index is 13.0. The number of carbonyl (C=O) groups is 1. The molecule has 1 atom stereocenters. The molecule has 128 valence electrons. The number of rotatable bonds is 3. The number of anilines is 1. The lowest BCUT2D eigenvalue weighted by Gasteiger charge is -2.17. The number of aromatic nitrogens is 3. The number of carbonyl (C=O) groups excluding carboxylic acids is 1. The van der Waals surface area contributed by atoms with Gasteiger partial charge in [-0.2, -0.15) is 18.3 Å². The first kappa shape index (κ1) is 17.0. The van der Waals surface area contributed by atoms with Gasteiger partial charge in [0.05, 0.1) is 22.4 Å². The van der Waals surface area contributed by atoms with Crippen molar-refractivity contribution in [1.29, 1.82) is 0 Å². The topological polar surface area (TPSA) is 59.8 Å². The van der Waals surface area contributed by atoms with Crippen LogP contribution in [0, 0.1) is 5.41 Å². The van der Waals surface area contributed by atoms with Crippen LogP contribution in [0.5, 0.6) is 0 Å². The monoisotopic (exact) mass is 378 g/mol. The lowest BCUT2D eigenvalue weighted by molar-refractivity contribution is -0.137. The van der Waals surface area contributed by atoms with Crippen molar-refractivity contribution in [3.63, 3.8) is 0 Å². The van der Waals surface area contributed by atoms with E-state index in [2.05, 4.69) is 15.4 Å². The third kappa shape index (κ3) is 2.84. The number of halogens is 5. The van der Waals surface area contributed by atoms with E-state index < -0.39 is 27.4 Å². The van der Waals surface area contributed by atoms with Crippen molar-refractivity contribution in [2.24, 2.45) is 5.41 Å². The first-order chi connectivity index (χ1) is 11.0. The van der Waals surface area contributed by atoms with E-state index in [1.807, 2.05) is 0 Å². The van der Waals surface area contributed by atoms with Crippen molar-refractivity contribution in [3.8, 4) is 5.69 Å². The smallest absolute Gasteiger partial charge is 0.324 e. The summed E-state index contributed by atoms with van der Waals surface area (Å²) in [5, 5.41) is 6.35. The van der Waals surface area contributed by atoms with Crippen molar-refractivity contribution in [3.05, 3.63) is 36.4 Å². The van der Waals surface area contributed by atoms with Gasteiger partial charge < -0.3 is 5.32 Å². The molecular weight excluding hydrogens is 368 g/mol. The number of alkyl halides is 5. The van der Waals surface area contributed by atoms with Gasteiger partial charge in [0.1, 0.15) is 17.0 Å². The highest BCUT2D eigenvalue weighted by Crippen LogP contribution is 2.64. The van der Waals surface area contributed by atoms with Gasteiger partial charge >= 0.3 is 6.18 Å². The van der Waals surface area contributed by atoms with Gasteiger partial charge in [0, 0.05) is 0 Å². The Morgan fingerprint density at radius 2 is 2.04 bits per heavy atom. The van der Waals surface area contributed by atoms with E-state index in [9.17, 15) is 18.0 Å². The average molecular weight is 379 g/mol. The summed E-state index contributed by atoms with van der Waals surface area (Å²) in [6.07, 6.45) is -1.79. The molecule has 1 amide bonds. The van der Waals surface area contributed by atoms with Crippen molar-refractivity contribution in [1.82, 2.24) is 14.8 Å². The van der Waals surface area contributed by atoms with E-state index in [0.717, 1.165) is 12.1 Å². The molecule has 0 spiro atoms. The standard InChI is InChI=1S/C14H11Cl2F3N4O/c1-12(5-13(12,15)16)11(24)22-9-4-8(14(17,18)19)2-3-10(9)23-7-20-6-21-23/h2-4,6-7H,5H2,1H3,(H,22,24)/t12-/m0/s1. The normalized spacial score (nSPS) is 22.2. The van der Waals surface area contributed by atoms with Crippen LogP contribution in [0.25, 0.3) is 5.69 Å². The van der Waals surface area contributed by atoms with Gasteiger partial charge in [-0.1, -0.05) is 0 Å². The Morgan fingerprint density at radius 3 is 2.54 bits per heavy atom. The second-order valence-electron chi connectivity index (χ2n) is 5.74. The second kappa shape index (κ2) is 5.35. The van der Waals surface area contributed by atoms with Crippen LogP contribution in [0.3, 0.4) is 0 Å². The van der Waals surface area contributed by atoms with E-state index in [4.69, 9.17) is 23.2 Å². The maximum Gasteiger partial charge on any atom is 0.416 e. The molecule has 1 N–H and O–H groups in total. The van der Waals surface area contributed by atoms with Crippen LogP contribution in [-0.4, -0.2) is 25.0 Å². The average Bonchev–Trinajstić information content (AvgIpc) is 2.86. The largest absolute Gasteiger partial charge is 0.416 e. The number of nitrogens with one attached hydrogen (secondary N) is 1. The minimum atomic E-state index is -4.55. The zero-order valence-electron chi connectivity index (χ0n) is 12.2. The van der Waals surface area contributed by atoms with E-state index in [-0.39, 0.29) is 17.8 Å². The molecule has 1 aromatic carbocycles. The molecule has 24 heavy (non-hydrogen) atoms. The van der Waals surface area contributed by atoms with E-state index in [0.29, 0.717) is 0 Å². The van der Waals surface area contributed by atoms with Crippen LogP contribution in [0.4, 0.5) is 18.9 Å². The van der Waals surface area contributed by atoms with Gasteiger partial charge in [0.2, 0.25) is 5.91 Å². The molecule has 0 aliphatic heterocycles. The molecule has 1 aromatic heterocycles. The van der Waals surface area contributed by atoms with E-state index in [1.54, 1.807) is 6.92 Å². The van der Waals surface area contributed by atoms with Gasteiger partial charge in [-0.25, -0.2) is 9.67 Å². The fourth-order valence-electron chi connectivity index (χ4n) is 2.25. The Labute approximate surface area is 144 Å². The third-order valence-electron chi connectivity index (χ3n) is 4.00. The van der Waals surface area contributed by atoms with Crippen molar-refractivity contribution < 1.29 is 18.0 Å². The molecule has 1 fully saturated rings. The first-order valence-corrected chi connectivity index (χ1v) is 7.56. The van der Waals surface area contributed by atoms with Crippen molar-refractivity contribution in [2.45, 2.75) is 23.9 Å². The van der Waals surface area contributed by atoms with Crippen molar-refractivity contribution in [2.75, 3.05) is 5.32 Å². The summed E-state index contributed by atoms with van der Waals surface area (Å²) in [6, 6.07) is 2.95. The van der Waals surface area contributed by atoms with Crippen LogP contribution in [0.15, 0.2) is 30.9 Å². The third-order valence-corrected chi connectivity index (χ3v) is 5.10. The lowest BCUT2D eigenvalue weighted by Crippen LogP contribution is -2.26. The predicted octanol–water partition coefficient (Wildman–Crippen LogP) is 3.81. The second-order valence-corrected chi connectivity index (χ2v) is 7.22. The van der Waals surface area contributed by atoms with E-state index >= 15 is 0 Å². The lowest BCUT2D eigenvalue weighted by atomic mass is 10.1. The highest BCUT2D eigenvalue weighted by Gasteiger charge is 2.68. The van der Waals surface area contributed by atoms with Gasteiger partial charge in [0.15, 0.2) is 0 Å². The Morgan fingerprint density at radius 1 is 1.38 bits per heavy atom. The van der Waals surface area contributed by atoms with E-state index in [1.165, 1.54) is 23.4 Å². The molecular formula is C14H11Cl2F3N4O. The summed E-state index contributed by atoms with van der Waals surface area (Å²) in [5.74, 6) is -0.562. The van der Waals surface area contributed by atoms with Gasteiger partial charge in [0.25, 0.3) is 0 Å². The number of nitrogens with zero attached hydrogens (tertiary/aromatic N) is 3. The molecule has 3 rings (SSSR count). The highest BCUT2D eigenvalue weighted by molar-refractivity contribution is 6.53. The van der Waals surface area contributed by atoms with Crippen LogP contribution in [0.1, 0.15) is 18.9 Å². The number of hydrogen-bond acceptors (Lipinski definition) is 3. The fraction of sp³-hybridized carbons (Fsp3) is 0.357. The van der Waals surface area contributed by atoms with Gasteiger partial charge in [-0.15, -0.1) is 23.2 Å². The molecule has 1 aliphatic rings. The number of hydrogen-bond donors (Lipinski definition) is 1. The summed E-state index contributed by atoms with van der Waals surface area (Å²) in [5.41, 5.74) is -1.78.